The predicted octanol–water partition coefficient (Wildman–Crippen LogP) is 4.77. The van der Waals surface area contributed by atoms with Gasteiger partial charge in [-0.15, -0.1) is 0 Å². The first-order valence-corrected chi connectivity index (χ1v) is 10.2. The molecule has 5 nitrogen and oxygen atoms in total. The smallest absolute Gasteiger partial charge is 0.262 e. The van der Waals surface area contributed by atoms with E-state index in [-0.39, 0.29) is 16.1 Å². The van der Waals surface area contributed by atoms with E-state index >= 15 is 0 Å². The highest BCUT2D eigenvalue weighted by atomic mass is 32.2. The second kappa shape index (κ2) is 8.19. The average Bonchev–Trinajstić information content (AvgIpc) is 2.67. The van der Waals surface area contributed by atoms with Crippen LogP contribution in [0.2, 0.25) is 0 Å². The molecule has 0 spiro atoms. The van der Waals surface area contributed by atoms with Gasteiger partial charge in [-0.25, -0.2) is 21.6 Å². The molecule has 0 saturated heterocycles. The third kappa shape index (κ3) is 4.62. The molecule has 0 unspecified atom stereocenters. The minimum Gasteiger partial charge on any atom is -0.319 e. The highest BCUT2D eigenvalue weighted by Gasteiger charge is 2.18. The predicted molar refractivity (Wildman–Crippen MR) is 107 cm³/mol. The van der Waals surface area contributed by atoms with E-state index in [1.165, 1.54) is 30.3 Å². The fourth-order valence-electron chi connectivity index (χ4n) is 2.74. The molecule has 0 radical (unpaired) electrons. The van der Waals surface area contributed by atoms with Crippen LogP contribution in [-0.2, 0) is 10.0 Å². The molecule has 1 amide bonds. The van der Waals surface area contributed by atoms with Crippen molar-refractivity contribution in [3.05, 3.63) is 88.7 Å². The molecule has 0 heterocycles. The van der Waals surface area contributed by atoms with Crippen molar-refractivity contribution in [2.45, 2.75) is 18.7 Å². The van der Waals surface area contributed by atoms with Gasteiger partial charge >= 0.3 is 0 Å². The zero-order valence-electron chi connectivity index (χ0n) is 16.0. The van der Waals surface area contributed by atoms with Crippen LogP contribution in [0.4, 0.5) is 24.5 Å². The van der Waals surface area contributed by atoms with Crippen LogP contribution < -0.4 is 10.0 Å². The van der Waals surface area contributed by atoms with Crippen molar-refractivity contribution in [3.63, 3.8) is 0 Å². The van der Waals surface area contributed by atoms with Crippen molar-refractivity contribution in [1.29, 1.82) is 0 Å². The van der Waals surface area contributed by atoms with Gasteiger partial charge in [0.2, 0.25) is 0 Å². The summed E-state index contributed by atoms with van der Waals surface area (Å²) in [6, 6.07) is 11.3. The first kappa shape index (κ1) is 21.4. The number of rotatable bonds is 5. The highest BCUT2D eigenvalue weighted by Crippen LogP contribution is 2.23. The maximum absolute atomic E-state index is 13.8. The summed E-state index contributed by atoms with van der Waals surface area (Å²) in [7, 11) is -3.92. The molecule has 3 rings (SSSR count). The van der Waals surface area contributed by atoms with E-state index in [4.69, 9.17) is 0 Å². The van der Waals surface area contributed by atoms with E-state index in [2.05, 4.69) is 10.0 Å². The number of hydrogen-bond acceptors (Lipinski definition) is 3. The minimum absolute atomic E-state index is 0.0136. The van der Waals surface area contributed by atoms with Gasteiger partial charge in [-0.05, 0) is 49.2 Å². The van der Waals surface area contributed by atoms with E-state index in [1.807, 2.05) is 0 Å². The molecule has 0 atom stereocenters. The van der Waals surface area contributed by atoms with Crippen LogP contribution in [0.25, 0.3) is 0 Å². The quantitative estimate of drug-likeness (QED) is 0.568. The Balaban J connectivity index is 1.85. The molecule has 0 fully saturated rings. The Bertz CT molecular complexity index is 1240. The summed E-state index contributed by atoms with van der Waals surface area (Å²) in [6.07, 6.45) is 0. The summed E-state index contributed by atoms with van der Waals surface area (Å²) in [6.45, 7) is 3.43. The molecule has 0 aliphatic rings. The van der Waals surface area contributed by atoms with Crippen molar-refractivity contribution >= 4 is 27.3 Å². The van der Waals surface area contributed by atoms with Gasteiger partial charge in [0.05, 0.1) is 10.6 Å². The number of amides is 1. The zero-order valence-corrected chi connectivity index (χ0v) is 16.8. The van der Waals surface area contributed by atoms with Crippen LogP contribution in [0, 0.1) is 31.3 Å². The lowest BCUT2D eigenvalue weighted by atomic mass is 10.2. The number of carbonyl (C=O) groups is 1. The van der Waals surface area contributed by atoms with E-state index in [0.717, 1.165) is 5.56 Å². The van der Waals surface area contributed by atoms with Crippen molar-refractivity contribution in [2.24, 2.45) is 0 Å². The van der Waals surface area contributed by atoms with Crippen molar-refractivity contribution in [1.82, 2.24) is 0 Å². The Hall–Kier alpha value is -3.33. The zero-order chi connectivity index (χ0) is 22.1. The van der Waals surface area contributed by atoms with Crippen molar-refractivity contribution in [3.8, 4) is 0 Å². The maximum atomic E-state index is 13.8. The molecule has 156 valence electrons. The fourth-order valence-corrected chi connectivity index (χ4v) is 4.12. The van der Waals surface area contributed by atoms with Crippen LogP contribution in [0.3, 0.4) is 0 Å². The van der Waals surface area contributed by atoms with Crippen LogP contribution in [0.1, 0.15) is 21.5 Å². The lowest BCUT2D eigenvalue weighted by Gasteiger charge is -2.12. The van der Waals surface area contributed by atoms with Crippen LogP contribution in [0.5, 0.6) is 0 Å². The first-order valence-electron chi connectivity index (χ1n) is 8.73. The summed E-state index contributed by atoms with van der Waals surface area (Å²) in [5.41, 5.74) is 0.869. The largest absolute Gasteiger partial charge is 0.319 e. The molecule has 0 aromatic heterocycles. The number of nitrogens with one attached hydrogen (secondary N) is 2. The lowest BCUT2D eigenvalue weighted by molar-refractivity contribution is 0.102. The van der Waals surface area contributed by atoms with Gasteiger partial charge in [0.1, 0.15) is 5.82 Å². The second-order valence-electron chi connectivity index (χ2n) is 6.66. The number of aryl methyl sites for hydroxylation is 2. The molecule has 0 aliphatic carbocycles. The number of anilines is 2. The highest BCUT2D eigenvalue weighted by molar-refractivity contribution is 7.92. The Morgan fingerprint density at radius 2 is 1.57 bits per heavy atom. The number of benzene rings is 3. The monoisotopic (exact) mass is 434 g/mol. The van der Waals surface area contributed by atoms with Gasteiger partial charge < -0.3 is 5.32 Å². The van der Waals surface area contributed by atoms with Gasteiger partial charge in [0, 0.05) is 23.4 Å². The molecule has 2 N–H and O–H groups in total. The lowest BCUT2D eigenvalue weighted by Crippen LogP contribution is -2.16. The molecular formula is C21H17F3N2O3S. The summed E-state index contributed by atoms with van der Waals surface area (Å²) in [4.78, 5) is 12.5. The van der Waals surface area contributed by atoms with E-state index in [9.17, 15) is 26.4 Å². The Labute approximate surface area is 171 Å². The topological polar surface area (TPSA) is 75.3 Å². The molecule has 0 bridgehead atoms. The summed E-state index contributed by atoms with van der Waals surface area (Å²) in [5.74, 6) is -4.67. The van der Waals surface area contributed by atoms with Gasteiger partial charge in [-0.3, -0.25) is 9.52 Å². The molecule has 0 saturated carbocycles. The van der Waals surface area contributed by atoms with Gasteiger partial charge in [0.15, 0.2) is 11.6 Å². The van der Waals surface area contributed by atoms with Crippen LogP contribution in [0.15, 0.2) is 59.5 Å². The molecular weight excluding hydrogens is 417 g/mol. The fraction of sp³-hybridized carbons (Fsp3) is 0.0952. The Kier molecular flexibility index (Phi) is 5.84. The first-order chi connectivity index (χ1) is 14.1. The SMILES string of the molecule is Cc1ccc(C)c(S(=O)(=O)Nc2cccc(C(=O)Nc3cc(F)c(F)cc3F)c2)c1. The molecule has 3 aromatic rings. The summed E-state index contributed by atoms with van der Waals surface area (Å²) in [5, 5.41) is 2.14. The average molecular weight is 434 g/mol. The molecule has 3 aromatic carbocycles. The van der Waals surface area contributed by atoms with E-state index in [1.54, 1.807) is 26.0 Å². The number of halogens is 3. The van der Waals surface area contributed by atoms with Crippen molar-refractivity contribution in [2.75, 3.05) is 10.0 Å². The Morgan fingerprint density at radius 3 is 2.30 bits per heavy atom. The van der Waals surface area contributed by atoms with Gasteiger partial charge in [0.25, 0.3) is 15.9 Å². The minimum atomic E-state index is -3.92. The van der Waals surface area contributed by atoms with Crippen LogP contribution in [-0.4, -0.2) is 14.3 Å². The summed E-state index contributed by atoms with van der Waals surface area (Å²) < 4.78 is 67.9. The van der Waals surface area contributed by atoms with Crippen LogP contribution >= 0.6 is 0 Å². The number of sulfonamides is 1. The number of carbonyl (C=O) groups excluding carboxylic acids is 1. The molecule has 9 heteroatoms. The second-order valence-corrected chi connectivity index (χ2v) is 8.31. The van der Waals surface area contributed by atoms with E-state index < -0.39 is 39.1 Å². The van der Waals surface area contributed by atoms with Gasteiger partial charge in [-0.1, -0.05) is 18.2 Å². The third-order valence-electron chi connectivity index (χ3n) is 4.27. The third-order valence-corrected chi connectivity index (χ3v) is 5.79. The molecule has 0 aliphatic heterocycles. The normalized spacial score (nSPS) is 11.2. The standard InChI is InChI=1S/C21H17F3N2O3S/c1-12-6-7-13(2)20(8-12)30(28,29)26-15-5-3-4-14(9-15)21(27)25-19-11-17(23)16(22)10-18(19)24/h3-11,26H,1-2H3,(H,25,27). The molecule has 30 heavy (non-hydrogen) atoms. The maximum Gasteiger partial charge on any atom is 0.262 e. The van der Waals surface area contributed by atoms with E-state index in [0.29, 0.717) is 17.7 Å². The van der Waals surface area contributed by atoms with Crippen molar-refractivity contribution < 1.29 is 26.4 Å². The van der Waals surface area contributed by atoms with Gasteiger partial charge in [-0.2, -0.15) is 0 Å². The number of hydrogen-bond donors (Lipinski definition) is 2. The summed E-state index contributed by atoms with van der Waals surface area (Å²) >= 11 is 0. The Morgan fingerprint density at radius 1 is 0.867 bits per heavy atom.